The lowest BCUT2D eigenvalue weighted by atomic mass is 9.93. The lowest BCUT2D eigenvalue weighted by Crippen LogP contribution is -2.45. The van der Waals surface area contributed by atoms with E-state index >= 15 is 0 Å². The van der Waals surface area contributed by atoms with E-state index in [1.165, 1.54) is 11.3 Å². The number of rotatable bonds is 2. The second-order valence-corrected chi connectivity index (χ2v) is 8.07. The van der Waals surface area contributed by atoms with Crippen molar-refractivity contribution in [1.82, 2.24) is 14.8 Å². The van der Waals surface area contributed by atoms with E-state index in [-0.39, 0.29) is 23.3 Å². The van der Waals surface area contributed by atoms with Crippen molar-refractivity contribution in [3.8, 4) is 0 Å². The number of nitrogens with zero attached hydrogens (tertiary/aromatic N) is 3. The Morgan fingerprint density at radius 3 is 2.39 bits per heavy atom. The average molecular weight is 338 g/mol. The van der Waals surface area contributed by atoms with E-state index < -0.39 is 0 Å². The van der Waals surface area contributed by atoms with Crippen LogP contribution in [-0.2, 0) is 10.2 Å². The monoisotopic (exact) mass is 338 g/mol. The molecule has 1 aromatic rings. The highest BCUT2D eigenvalue weighted by molar-refractivity contribution is 7.13. The summed E-state index contributed by atoms with van der Waals surface area (Å²) in [5.41, 5.74) is 0.973. The zero-order valence-electron chi connectivity index (χ0n) is 14.5. The minimum atomic E-state index is -0.0526. The van der Waals surface area contributed by atoms with Crippen molar-refractivity contribution in [3.63, 3.8) is 0 Å². The molecule has 7 heteroatoms. The normalized spacial score (nSPS) is 16.3. The summed E-state index contributed by atoms with van der Waals surface area (Å²) in [6.07, 6.45) is 1.39. The van der Waals surface area contributed by atoms with E-state index in [1.807, 2.05) is 5.38 Å². The summed E-state index contributed by atoms with van der Waals surface area (Å²) in [5, 5.41) is 5.58. The third kappa shape index (κ3) is 4.43. The second kappa shape index (κ2) is 6.86. The molecule has 1 aromatic heterocycles. The van der Waals surface area contributed by atoms with Gasteiger partial charge in [-0.2, -0.15) is 0 Å². The van der Waals surface area contributed by atoms with E-state index in [9.17, 15) is 9.59 Å². The van der Waals surface area contributed by atoms with E-state index in [1.54, 1.807) is 23.9 Å². The first-order valence-corrected chi connectivity index (χ1v) is 8.79. The van der Waals surface area contributed by atoms with Gasteiger partial charge in [0.15, 0.2) is 5.13 Å². The highest BCUT2D eigenvalue weighted by Crippen LogP contribution is 2.27. The van der Waals surface area contributed by atoms with Crippen molar-refractivity contribution >= 4 is 28.4 Å². The van der Waals surface area contributed by atoms with Crippen molar-refractivity contribution in [3.05, 3.63) is 11.1 Å². The topological polar surface area (TPSA) is 65.5 Å². The predicted molar refractivity (Wildman–Crippen MR) is 92.8 cm³/mol. The van der Waals surface area contributed by atoms with E-state index in [4.69, 9.17) is 0 Å². The molecule has 0 spiro atoms. The van der Waals surface area contributed by atoms with Crippen LogP contribution in [0, 0.1) is 5.92 Å². The van der Waals surface area contributed by atoms with Gasteiger partial charge in [0, 0.05) is 43.9 Å². The molecular formula is C16H26N4O2S. The molecular weight excluding hydrogens is 312 g/mol. The summed E-state index contributed by atoms with van der Waals surface area (Å²) in [7, 11) is 3.49. The number of carbonyl (C=O) groups is 2. The van der Waals surface area contributed by atoms with Crippen LogP contribution in [0.3, 0.4) is 0 Å². The number of nitrogens with one attached hydrogen (secondary N) is 1. The van der Waals surface area contributed by atoms with Crippen molar-refractivity contribution in [2.24, 2.45) is 5.92 Å². The molecule has 1 saturated heterocycles. The highest BCUT2D eigenvalue weighted by atomic mass is 32.1. The van der Waals surface area contributed by atoms with Crippen molar-refractivity contribution in [2.45, 2.75) is 39.0 Å². The molecule has 2 rings (SSSR count). The zero-order valence-corrected chi connectivity index (χ0v) is 15.4. The molecule has 1 aliphatic heterocycles. The minimum absolute atomic E-state index is 0.0109. The van der Waals surface area contributed by atoms with Crippen molar-refractivity contribution in [1.29, 1.82) is 0 Å². The number of hydrogen-bond donors (Lipinski definition) is 1. The van der Waals surface area contributed by atoms with Gasteiger partial charge in [0.1, 0.15) is 0 Å². The van der Waals surface area contributed by atoms with Crippen molar-refractivity contribution < 1.29 is 9.59 Å². The van der Waals surface area contributed by atoms with Crippen LogP contribution in [0.25, 0.3) is 0 Å². The van der Waals surface area contributed by atoms with Crippen LogP contribution < -0.4 is 5.32 Å². The minimum Gasteiger partial charge on any atom is -0.331 e. The SMILES string of the molecule is CN(C)C(=O)N1CCC(C(=O)Nc2nc(C(C)(C)C)cs2)CC1. The average Bonchev–Trinajstić information content (AvgIpc) is 2.95. The summed E-state index contributed by atoms with van der Waals surface area (Å²) < 4.78 is 0. The van der Waals surface area contributed by atoms with E-state index in [0.29, 0.717) is 31.1 Å². The van der Waals surface area contributed by atoms with Crippen LogP contribution >= 0.6 is 11.3 Å². The van der Waals surface area contributed by atoms with Gasteiger partial charge < -0.3 is 15.1 Å². The van der Waals surface area contributed by atoms with Crippen LogP contribution in [-0.4, -0.2) is 53.9 Å². The Bertz CT molecular complexity index is 569. The Balaban J connectivity index is 1.88. The molecule has 0 unspecified atom stereocenters. The maximum atomic E-state index is 12.4. The Kier molecular flexibility index (Phi) is 5.29. The molecule has 6 nitrogen and oxygen atoms in total. The van der Waals surface area contributed by atoms with Crippen LogP contribution in [0.15, 0.2) is 5.38 Å². The molecule has 0 aromatic carbocycles. The molecule has 0 atom stereocenters. The largest absolute Gasteiger partial charge is 0.331 e. The molecule has 3 amide bonds. The van der Waals surface area contributed by atoms with Gasteiger partial charge in [-0.05, 0) is 12.8 Å². The van der Waals surface area contributed by atoms with Gasteiger partial charge in [0.25, 0.3) is 0 Å². The maximum Gasteiger partial charge on any atom is 0.319 e. The first-order valence-electron chi connectivity index (χ1n) is 7.91. The van der Waals surface area contributed by atoms with Crippen LogP contribution in [0.4, 0.5) is 9.93 Å². The number of amides is 3. The first-order chi connectivity index (χ1) is 10.7. The van der Waals surface area contributed by atoms with Crippen LogP contribution in [0.1, 0.15) is 39.3 Å². The third-order valence-corrected chi connectivity index (χ3v) is 4.78. The summed E-state index contributed by atoms with van der Waals surface area (Å²) in [5.74, 6) is -0.0417. The number of aromatic nitrogens is 1. The second-order valence-electron chi connectivity index (χ2n) is 7.22. The molecule has 1 N–H and O–H groups in total. The molecule has 1 fully saturated rings. The Labute approximate surface area is 141 Å². The van der Waals surface area contributed by atoms with Gasteiger partial charge in [0.05, 0.1) is 5.69 Å². The number of anilines is 1. The molecule has 1 aliphatic rings. The standard InChI is InChI=1S/C16H26N4O2S/c1-16(2,3)12-10-23-14(17-12)18-13(21)11-6-8-20(9-7-11)15(22)19(4)5/h10-11H,6-9H2,1-5H3,(H,17,18,21). The van der Waals surface area contributed by atoms with Gasteiger partial charge in [-0.25, -0.2) is 9.78 Å². The van der Waals surface area contributed by atoms with Gasteiger partial charge in [0.2, 0.25) is 5.91 Å². The number of piperidine rings is 1. The summed E-state index contributed by atoms with van der Waals surface area (Å²) in [4.78, 5) is 32.2. The third-order valence-electron chi connectivity index (χ3n) is 4.02. The number of hydrogen-bond acceptors (Lipinski definition) is 4. The molecule has 0 aliphatic carbocycles. The summed E-state index contributed by atoms with van der Waals surface area (Å²) >= 11 is 1.46. The highest BCUT2D eigenvalue weighted by Gasteiger charge is 2.28. The maximum absolute atomic E-state index is 12.4. The predicted octanol–water partition coefficient (Wildman–Crippen LogP) is 2.77. The zero-order chi connectivity index (χ0) is 17.2. The number of urea groups is 1. The van der Waals surface area contributed by atoms with E-state index in [2.05, 4.69) is 31.1 Å². The summed E-state index contributed by atoms with van der Waals surface area (Å²) in [6.45, 7) is 7.56. The number of carbonyl (C=O) groups excluding carboxylic acids is 2. The Morgan fingerprint density at radius 1 is 1.30 bits per heavy atom. The lowest BCUT2D eigenvalue weighted by Gasteiger charge is -2.32. The lowest BCUT2D eigenvalue weighted by molar-refractivity contribution is -0.121. The van der Waals surface area contributed by atoms with Gasteiger partial charge in [-0.15, -0.1) is 11.3 Å². The van der Waals surface area contributed by atoms with Gasteiger partial charge in [-0.3, -0.25) is 4.79 Å². The first kappa shape index (κ1) is 17.7. The fourth-order valence-electron chi connectivity index (χ4n) is 2.50. The molecule has 0 radical (unpaired) electrons. The smallest absolute Gasteiger partial charge is 0.319 e. The fraction of sp³-hybridized carbons (Fsp3) is 0.688. The molecule has 23 heavy (non-hydrogen) atoms. The van der Waals surface area contributed by atoms with Crippen LogP contribution in [0.5, 0.6) is 0 Å². The van der Waals surface area contributed by atoms with Crippen LogP contribution in [0.2, 0.25) is 0 Å². The van der Waals surface area contributed by atoms with E-state index in [0.717, 1.165) is 5.69 Å². The Hall–Kier alpha value is -1.63. The van der Waals surface area contributed by atoms with Gasteiger partial charge in [-0.1, -0.05) is 20.8 Å². The molecule has 0 bridgehead atoms. The van der Waals surface area contributed by atoms with Crippen molar-refractivity contribution in [2.75, 3.05) is 32.5 Å². The molecule has 0 saturated carbocycles. The number of thiazole rings is 1. The number of likely N-dealkylation sites (tertiary alicyclic amines) is 1. The van der Waals surface area contributed by atoms with Gasteiger partial charge >= 0.3 is 6.03 Å². The molecule has 2 heterocycles. The summed E-state index contributed by atoms with van der Waals surface area (Å²) in [6, 6.07) is 0.0126. The molecule has 128 valence electrons. The fourth-order valence-corrected chi connectivity index (χ4v) is 3.44. The quantitative estimate of drug-likeness (QED) is 0.902. The Morgan fingerprint density at radius 2 is 1.91 bits per heavy atom.